The average Bonchev–Trinajstić information content (AvgIpc) is 3.15. The van der Waals surface area contributed by atoms with Gasteiger partial charge in [-0.15, -0.1) is 0 Å². The maximum atomic E-state index is 12.9. The van der Waals surface area contributed by atoms with E-state index in [9.17, 15) is 4.79 Å². The first-order chi connectivity index (χ1) is 10.6. The Morgan fingerprint density at radius 2 is 2.18 bits per heavy atom. The van der Waals surface area contributed by atoms with Crippen LogP contribution >= 0.6 is 15.9 Å². The number of amides is 1. The van der Waals surface area contributed by atoms with Gasteiger partial charge in [-0.2, -0.15) is 0 Å². The lowest BCUT2D eigenvalue weighted by Crippen LogP contribution is -2.38. The molecule has 0 radical (unpaired) electrons. The summed E-state index contributed by atoms with van der Waals surface area (Å²) in [7, 11) is 1.88. The highest BCUT2D eigenvalue weighted by Crippen LogP contribution is 2.26. The molecular weight excluding hydrogens is 344 g/mol. The quantitative estimate of drug-likeness (QED) is 0.784. The molecule has 0 bridgehead atoms. The minimum absolute atomic E-state index is 0.0143. The second kappa shape index (κ2) is 6.60. The number of rotatable bonds is 4. The van der Waals surface area contributed by atoms with E-state index in [0.29, 0.717) is 18.3 Å². The highest BCUT2D eigenvalue weighted by Gasteiger charge is 2.28. The largest absolute Gasteiger partial charge is 0.340 e. The van der Waals surface area contributed by atoms with Gasteiger partial charge in [-0.05, 0) is 46.5 Å². The molecule has 0 aromatic carbocycles. The normalized spacial score (nSPS) is 15.2. The van der Waals surface area contributed by atoms with E-state index in [-0.39, 0.29) is 5.91 Å². The van der Waals surface area contributed by atoms with Crippen LogP contribution in [0, 0.1) is 0 Å². The molecule has 0 spiro atoms. The van der Waals surface area contributed by atoms with Gasteiger partial charge in [0.15, 0.2) is 0 Å². The molecule has 1 saturated carbocycles. The third-order valence-electron chi connectivity index (χ3n) is 4.09. The van der Waals surface area contributed by atoms with Crippen LogP contribution in [-0.2, 0) is 13.6 Å². The monoisotopic (exact) mass is 362 g/mol. The molecule has 1 aliphatic carbocycles. The van der Waals surface area contributed by atoms with Gasteiger partial charge in [0.05, 0.1) is 6.33 Å². The summed E-state index contributed by atoms with van der Waals surface area (Å²) in [6.45, 7) is 0.598. The first-order valence-corrected chi connectivity index (χ1v) is 8.32. The lowest BCUT2D eigenvalue weighted by molar-refractivity contribution is 0.0658. The van der Waals surface area contributed by atoms with Crippen molar-refractivity contribution in [3.8, 4) is 0 Å². The summed E-state index contributed by atoms with van der Waals surface area (Å²) in [5, 5.41) is 0. The Hall–Kier alpha value is -1.69. The molecule has 3 rings (SSSR count). The van der Waals surface area contributed by atoms with Gasteiger partial charge in [-0.1, -0.05) is 12.8 Å². The first-order valence-electron chi connectivity index (χ1n) is 7.53. The number of carbonyl (C=O) groups excluding carboxylic acids is 1. The molecule has 5 nitrogen and oxygen atoms in total. The highest BCUT2D eigenvalue weighted by atomic mass is 79.9. The van der Waals surface area contributed by atoms with Crippen LogP contribution in [0.4, 0.5) is 0 Å². The summed E-state index contributed by atoms with van der Waals surface area (Å²) < 4.78 is 2.60. The van der Waals surface area contributed by atoms with Gasteiger partial charge >= 0.3 is 0 Å². The second-order valence-corrected chi connectivity index (χ2v) is 6.60. The Morgan fingerprint density at radius 3 is 2.82 bits per heavy atom. The lowest BCUT2D eigenvalue weighted by Gasteiger charge is -2.28. The van der Waals surface area contributed by atoms with Gasteiger partial charge in [0.25, 0.3) is 5.91 Å². The fourth-order valence-electron chi connectivity index (χ4n) is 2.99. The molecule has 0 saturated heterocycles. The number of aromatic nitrogens is 3. The molecule has 1 aliphatic rings. The van der Waals surface area contributed by atoms with Crippen molar-refractivity contribution < 1.29 is 4.79 Å². The van der Waals surface area contributed by atoms with Crippen molar-refractivity contribution >= 4 is 21.8 Å². The molecule has 6 heteroatoms. The molecule has 116 valence electrons. The van der Waals surface area contributed by atoms with Gasteiger partial charge in [-0.25, -0.2) is 9.97 Å². The zero-order valence-electron chi connectivity index (χ0n) is 12.6. The van der Waals surface area contributed by atoms with E-state index in [1.165, 1.54) is 12.8 Å². The van der Waals surface area contributed by atoms with Crippen molar-refractivity contribution in [2.45, 2.75) is 38.3 Å². The predicted molar refractivity (Wildman–Crippen MR) is 87.3 cm³/mol. The third-order valence-corrected chi connectivity index (χ3v) is 4.53. The smallest absolute Gasteiger partial charge is 0.274 e. The molecule has 2 aromatic rings. The van der Waals surface area contributed by atoms with E-state index in [2.05, 4.69) is 25.9 Å². The lowest BCUT2D eigenvalue weighted by atomic mass is 10.1. The van der Waals surface area contributed by atoms with Gasteiger partial charge < -0.3 is 9.47 Å². The summed E-state index contributed by atoms with van der Waals surface area (Å²) in [6.07, 6.45) is 9.75. The van der Waals surface area contributed by atoms with Crippen molar-refractivity contribution in [1.29, 1.82) is 0 Å². The number of imidazole rings is 1. The van der Waals surface area contributed by atoms with E-state index < -0.39 is 0 Å². The third kappa shape index (κ3) is 3.38. The van der Waals surface area contributed by atoms with E-state index in [1.54, 1.807) is 18.7 Å². The molecule has 22 heavy (non-hydrogen) atoms. The number of halogens is 1. The van der Waals surface area contributed by atoms with Crippen LogP contribution in [0.3, 0.4) is 0 Å². The number of nitrogens with zero attached hydrogens (tertiary/aromatic N) is 4. The second-order valence-electron chi connectivity index (χ2n) is 5.78. The number of hydrogen-bond donors (Lipinski definition) is 0. The van der Waals surface area contributed by atoms with Crippen LogP contribution in [0.2, 0.25) is 0 Å². The zero-order chi connectivity index (χ0) is 15.5. The molecule has 0 atom stereocenters. The van der Waals surface area contributed by atoms with Gasteiger partial charge in [0.1, 0.15) is 10.3 Å². The topological polar surface area (TPSA) is 51.0 Å². The predicted octanol–water partition coefficient (Wildman–Crippen LogP) is 3.16. The number of carbonyl (C=O) groups is 1. The number of pyridine rings is 1. The minimum atomic E-state index is 0.0143. The van der Waals surface area contributed by atoms with Gasteiger partial charge in [-0.3, -0.25) is 4.79 Å². The summed E-state index contributed by atoms with van der Waals surface area (Å²) >= 11 is 3.39. The molecule has 1 fully saturated rings. The van der Waals surface area contributed by atoms with Gasteiger partial charge in [0, 0.05) is 32.0 Å². The van der Waals surface area contributed by atoms with Crippen molar-refractivity contribution in [1.82, 2.24) is 19.4 Å². The zero-order valence-corrected chi connectivity index (χ0v) is 14.2. The molecular formula is C16H19BrN4O. The molecule has 0 N–H and O–H groups in total. The summed E-state index contributed by atoms with van der Waals surface area (Å²) in [5.74, 6) is 0.0143. The standard InChI is InChI=1S/C16H19BrN4O/c1-20-10-14(19-11-20)16(22)21(13-4-2-3-5-13)9-12-6-7-18-15(17)8-12/h6-8,10-11,13H,2-5,9H2,1H3. The summed E-state index contributed by atoms with van der Waals surface area (Å²) in [4.78, 5) is 23.2. The summed E-state index contributed by atoms with van der Waals surface area (Å²) in [6, 6.07) is 4.23. The summed E-state index contributed by atoms with van der Waals surface area (Å²) in [5.41, 5.74) is 1.60. The van der Waals surface area contributed by atoms with E-state index in [0.717, 1.165) is 23.0 Å². The van der Waals surface area contributed by atoms with Crippen LogP contribution in [-0.4, -0.2) is 31.4 Å². The van der Waals surface area contributed by atoms with Crippen molar-refractivity contribution in [3.05, 3.63) is 46.7 Å². The van der Waals surface area contributed by atoms with Crippen molar-refractivity contribution in [3.63, 3.8) is 0 Å². The van der Waals surface area contributed by atoms with Crippen LogP contribution in [0.25, 0.3) is 0 Å². The highest BCUT2D eigenvalue weighted by molar-refractivity contribution is 9.10. The molecule has 2 aromatic heterocycles. The Kier molecular flexibility index (Phi) is 4.57. The minimum Gasteiger partial charge on any atom is -0.340 e. The molecule has 0 aliphatic heterocycles. The Balaban J connectivity index is 1.85. The maximum Gasteiger partial charge on any atom is 0.274 e. The molecule has 2 heterocycles. The number of aryl methyl sites for hydroxylation is 1. The molecule has 1 amide bonds. The fourth-order valence-corrected chi connectivity index (χ4v) is 3.40. The van der Waals surface area contributed by atoms with Crippen LogP contribution in [0.5, 0.6) is 0 Å². The maximum absolute atomic E-state index is 12.9. The Morgan fingerprint density at radius 1 is 1.41 bits per heavy atom. The van der Waals surface area contributed by atoms with Gasteiger partial charge in [0.2, 0.25) is 0 Å². The van der Waals surface area contributed by atoms with Crippen LogP contribution in [0.15, 0.2) is 35.5 Å². The first kappa shape index (κ1) is 15.2. The van der Waals surface area contributed by atoms with E-state index in [1.807, 2.05) is 28.6 Å². The van der Waals surface area contributed by atoms with E-state index in [4.69, 9.17) is 0 Å². The fraction of sp³-hybridized carbons (Fsp3) is 0.438. The molecule has 0 unspecified atom stereocenters. The SMILES string of the molecule is Cn1cnc(C(=O)N(Cc2ccnc(Br)c2)C2CCCC2)c1. The van der Waals surface area contributed by atoms with Crippen LogP contribution < -0.4 is 0 Å². The average molecular weight is 363 g/mol. The number of hydrogen-bond acceptors (Lipinski definition) is 3. The van der Waals surface area contributed by atoms with Crippen molar-refractivity contribution in [2.75, 3.05) is 0 Å². The van der Waals surface area contributed by atoms with E-state index >= 15 is 0 Å². The van der Waals surface area contributed by atoms with Crippen molar-refractivity contribution in [2.24, 2.45) is 7.05 Å². The van der Waals surface area contributed by atoms with Crippen LogP contribution in [0.1, 0.15) is 41.7 Å². The Bertz CT molecular complexity index is 664. The Labute approximate surface area is 138 Å².